The van der Waals surface area contributed by atoms with E-state index in [4.69, 9.17) is 9.47 Å². The van der Waals surface area contributed by atoms with Crippen LogP contribution < -0.4 is 4.74 Å². The molecular formula is C28H25F3O3. The van der Waals surface area contributed by atoms with Gasteiger partial charge in [-0.25, -0.2) is 13.6 Å². The Morgan fingerprint density at radius 2 is 1.62 bits per heavy atom. The van der Waals surface area contributed by atoms with Crippen LogP contribution in [-0.2, 0) is 4.74 Å². The van der Waals surface area contributed by atoms with Crippen LogP contribution in [0.25, 0.3) is 22.3 Å². The van der Waals surface area contributed by atoms with Gasteiger partial charge in [0, 0.05) is 17.5 Å². The fourth-order valence-electron chi connectivity index (χ4n) is 3.94. The van der Waals surface area contributed by atoms with Crippen LogP contribution in [0.2, 0.25) is 0 Å². The Balaban J connectivity index is 1.52. The van der Waals surface area contributed by atoms with Crippen molar-refractivity contribution >= 4 is 5.97 Å². The summed E-state index contributed by atoms with van der Waals surface area (Å²) in [6.45, 7) is 4.06. The van der Waals surface area contributed by atoms with Crippen LogP contribution in [-0.4, -0.2) is 12.6 Å². The first-order valence-electron chi connectivity index (χ1n) is 11.3. The molecule has 0 fully saturated rings. The number of rotatable bonds is 6. The van der Waals surface area contributed by atoms with Crippen molar-refractivity contribution in [2.24, 2.45) is 5.92 Å². The highest BCUT2D eigenvalue weighted by Crippen LogP contribution is 2.32. The summed E-state index contributed by atoms with van der Waals surface area (Å²) in [7, 11) is 0. The van der Waals surface area contributed by atoms with Crippen LogP contribution in [0, 0.1) is 23.4 Å². The lowest BCUT2D eigenvalue weighted by Gasteiger charge is -2.17. The summed E-state index contributed by atoms with van der Waals surface area (Å²) >= 11 is 0. The predicted octanol–water partition coefficient (Wildman–Crippen LogP) is 7.70. The summed E-state index contributed by atoms with van der Waals surface area (Å²) in [4.78, 5) is 12.4. The number of carbonyl (C=O) groups is 1. The Kier molecular flexibility index (Phi) is 7.06. The normalized spacial score (nSPS) is 15.6. The summed E-state index contributed by atoms with van der Waals surface area (Å²) < 4.78 is 54.0. The monoisotopic (exact) mass is 466 g/mol. The maximum Gasteiger partial charge on any atom is 0.343 e. The van der Waals surface area contributed by atoms with E-state index in [0.717, 1.165) is 18.9 Å². The smallest absolute Gasteiger partial charge is 0.343 e. The molecule has 3 aromatic carbocycles. The standard InChI is InChI=1S/C28H25F3O3/c1-3-33-25-15-14-23(26(30)27(25)31)19-8-6-18(7-9-19)22-13-10-20(16-24(22)29)28(32)34-21-11-4-17(2)5-12-21/h6-11,13-17H,3-5,12H2,1-2H3. The molecule has 0 aromatic heterocycles. The van der Waals surface area contributed by atoms with Crippen molar-refractivity contribution in [1.29, 1.82) is 0 Å². The van der Waals surface area contributed by atoms with Gasteiger partial charge in [-0.2, -0.15) is 4.39 Å². The Bertz CT molecular complexity index is 1230. The van der Waals surface area contributed by atoms with Crippen LogP contribution in [0.5, 0.6) is 5.75 Å². The summed E-state index contributed by atoms with van der Waals surface area (Å²) in [5, 5.41) is 0. The quantitative estimate of drug-likeness (QED) is 0.349. The van der Waals surface area contributed by atoms with Gasteiger partial charge in [0.25, 0.3) is 0 Å². The van der Waals surface area contributed by atoms with Crippen LogP contribution in [0.4, 0.5) is 13.2 Å². The molecule has 4 rings (SSSR count). The first-order chi connectivity index (χ1) is 16.4. The topological polar surface area (TPSA) is 35.5 Å². The van der Waals surface area contributed by atoms with Crippen LogP contribution in [0.15, 0.2) is 66.4 Å². The van der Waals surface area contributed by atoms with Crippen LogP contribution in [0.1, 0.15) is 43.5 Å². The van der Waals surface area contributed by atoms with Gasteiger partial charge in [0.2, 0.25) is 5.82 Å². The molecule has 6 heteroatoms. The van der Waals surface area contributed by atoms with Gasteiger partial charge in [0.1, 0.15) is 11.6 Å². The Morgan fingerprint density at radius 3 is 2.24 bits per heavy atom. The minimum absolute atomic E-state index is 0.0810. The lowest BCUT2D eigenvalue weighted by molar-refractivity contribution is 0.0603. The van der Waals surface area contributed by atoms with Gasteiger partial charge in [0.05, 0.1) is 12.2 Å². The zero-order valence-electron chi connectivity index (χ0n) is 19.0. The average molecular weight is 466 g/mol. The van der Waals surface area contributed by atoms with E-state index in [1.54, 1.807) is 31.2 Å². The summed E-state index contributed by atoms with van der Waals surface area (Å²) in [5.41, 5.74) is 1.48. The van der Waals surface area contributed by atoms with Crippen LogP contribution >= 0.6 is 0 Å². The minimum atomic E-state index is -1.05. The number of ether oxygens (including phenoxy) is 2. The van der Waals surface area contributed by atoms with Gasteiger partial charge in [-0.15, -0.1) is 0 Å². The third-order valence-corrected chi connectivity index (χ3v) is 5.91. The highest BCUT2D eigenvalue weighted by Gasteiger charge is 2.18. The Morgan fingerprint density at radius 1 is 0.941 bits per heavy atom. The molecule has 1 atom stereocenters. The predicted molar refractivity (Wildman–Crippen MR) is 125 cm³/mol. The van der Waals surface area contributed by atoms with Crippen molar-refractivity contribution in [2.75, 3.05) is 6.61 Å². The van der Waals surface area contributed by atoms with Gasteiger partial charge in [-0.1, -0.05) is 37.3 Å². The lowest BCUT2D eigenvalue weighted by atomic mass is 9.95. The second-order valence-electron chi connectivity index (χ2n) is 8.38. The third-order valence-electron chi connectivity index (χ3n) is 5.91. The third kappa shape index (κ3) is 5.01. The molecule has 1 aliphatic carbocycles. The van der Waals surface area contributed by atoms with E-state index in [1.807, 2.05) is 6.08 Å². The summed E-state index contributed by atoms with van der Waals surface area (Å²) in [6, 6.07) is 13.4. The van der Waals surface area contributed by atoms with Gasteiger partial charge in [0.15, 0.2) is 11.6 Å². The van der Waals surface area contributed by atoms with E-state index in [1.165, 1.54) is 24.3 Å². The van der Waals surface area contributed by atoms with Gasteiger partial charge in [-0.05, 0) is 67.2 Å². The summed E-state index contributed by atoms with van der Waals surface area (Å²) in [5.74, 6) is -2.17. The molecule has 0 heterocycles. The highest BCUT2D eigenvalue weighted by molar-refractivity contribution is 5.91. The van der Waals surface area contributed by atoms with E-state index < -0.39 is 23.4 Å². The van der Waals surface area contributed by atoms with Gasteiger partial charge < -0.3 is 9.47 Å². The van der Waals surface area contributed by atoms with Gasteiger partial charge in [-0.3, -0.25) is 0 Å². The zero-order chi connectivity index (χ0) is 24.2. The van der Waals surface area contributed by atoms with E-state index in [-0.39, 0.29) is 29.0 Å². The highest BCUT2D eigenvalue weighted by atomic mass is 19.2. The molecule has 0 saturated carbocycles. The number of hydrogen-bond acceptors (Lipinski definition) is 3. The van der Waals surface area contributed by atoms with Crippen molar-refractivity contribution in [3.8, 4) is 28.0 Å². The number of hydrogen-bond donors (Lipinski definition) is 0. The van der Waals surface area contributed by atoms with Crippen molar-refractivity contribution < 1.29 is 27.4 Å². The molecule has 3 nitrogen and oxygen atoms in total. The van der Waals surface area contributed by atoms with E-state index in [0.29, 0.717) is 29.2 Å². The molecule has 34 heavy (non-hydrogen) atoms. The number of allylic oxidation sites excluding steroid dienone is 2. The second-order valence-corrected chi connectivity index (χ2v) is 8.38. The number of esters is 1. The molecule has 1 aliphatic rings. The second kappa shape index (κ2) is 10.2. The average Bonchev–Trinajstić information content (AvgIpc) is 2.84. The molecule has 0 bridgehead atoms. The number of carbonyl (C=O) groups excluding carboxylic acids is 1. The molecule has 0 spiro atoms. The maximum absolute atomic E-state index is 14.8. The molecule has 0 N–H and O–H groups in total. The fourth-order valence-corrected chi connectivity index (χ4v) is 3.94. The van der Waals surface area contributed by atoms with E-state index >= 15 is 0 Å². The van der Waals surface area contributed by atoms with Crippen molar-refractivity contribution in [3.05, 3.63) is 89.4 Å². The molecule has 0 saturated heterocycles. The van der Waals surface area contributed by atoms with Crippen molar-refractivity contribution in [2.45, 2.75) is 33.1 Å². The molecule has 1 unspecified atom stereocenters. The first kappa shape index (κ1) is 23.6. The van der Waals surface area contributed by atoms with E-state index in [2.05, 4.69) is 6.92 Å². The van der Waals surface area contributed by atoms with Crippen molar-refractivity contribution in [1.82, 2.24) is 0 Å². The Hall–Kier alpha value is -3.54. The number of halogens is 3. The molecule has 3 aromatic rings. The maximum atomic E-state index is 14.8. The largest absolute Gasteiger partial charge is 0.491 e. The molecular weight excluding hydrogens is 441 g/mol. The zero-order valence-corrected chi connectivity index (χ0v) is 19.0. The SMILES string of the molecule is CCOc1ccc(-c2ccc(-c3ccc(C(=O)OC4=CCC(C)CC4)cc3F)cc2)c(F)c1F. The molecule has 0 aliphatic heterocycles. The Labute approximate surface area is 196 Å². The fraction of sp³-hybridized carbons (Fsp3) is 0.250. The lowest BCUT2D eigenvalue weighted by Crippen LogP contribution is -2.10. The van der Waals surface area contributed by atoms with Crippen LogP contribution in [0.3, 0.4) is 0 Å². The summed E-state index contributed by atoms with van der Waals surface area (Å²) in [6.07, 6.45) is 4.42. The van der Waals surface area contributed by atoms with Crippen molar-refractivity contribution in [3.63, 3.8) is 0 Å². The molecule has 0 radical (unpaired) electrons. The van der Waals surface area contributed by atoms with Gasteiger partial charge >= 0.3 is 5.97 Å². The first-order valence-corrected chi connectivity index (χ1v) is 11.3. The number of benzene rings is 3. The molecule has 0 amide bonds. The van der Waals surface area contributed by atoms with E-state index in [9.17, 15) is 18.0 Å². The minimum Gasteiger partial charge on any atom is -0.491 e. The molecule has 176 valence electrons.